The number of amidine groups is 1. The van der Waals surface area contributed by atoms with Crippen molar-refractivity contribution in [3.05, 3.63) is 23.4 Å². The molecular formula is C7H10N2. The highest BCUT2D eigenvalue weighted by Crippen LogP contribution is 2.09. The summed E-state index contributed by atoms with van der Waals surface area (Å²) in [5.41, 5.74) is 7.79. The lowest BCUT2D eigenvalue weighted by Crippen LogP contribution is -2.11. The van der Waals surface area contributed by atoms with E-state index in [2.05, 4.69) is 4.99 Å². The first-order valence-electron chi connectivity index (χ1n) is 2.89. The van der Waals surface area contributed by atoms with Crippen LogP contribution in [0.15, 0.2) is 28.4 Å². The van der Waals surface area contributed by atoms with E-state index in [0.29, 0.717) is 5.84 Å². The van der Waals surface area contributed by atoms with Gasteiger partial charge in [0.15, 0.2) is 0 Å². The maximum atomic E-state index is 5.51. The standard InChI is InChI=1S/C7H10N2/c1-5(2)6-3-4-9-7(6)8/h3-4H,1-2H3,(H2,8,9). The summed E-state index contributed by atoms with van der Waals surface area (Å²) in [4.78, 5) is 3.89. The molecule has 9 heavy (non-hydrogen) atoms. The fourth-order valence-corrected chi connectivity index (χ4v) is 0.770. The fourth-order valence-electron chi connectivity index (χ4n) is 0.770. The van der Waals surface area contributed by atoms with Crippen LogP contribution in [0.2, 0.25) is 0 Å². The van der Waals surface area contributed by atoms with Gasteiger partial charge in [-0.2, -0.15) is 0 Å². The van der Waals surface area contributed by atoms with E-state index < -0.39 is 0 Å². The first-order valence-corrected chi connectivity index (χ1v) is 2.89. The van der Waals surface area contributed by atoms with Gasteiger partial charge in [-0.05, 0) is 19.9 Å². The van der Waals surface area contributed by atoms with E-state index in [9.17, 15) is 0 Å². The third kappa shape index (κ3) is 1.02. The summed E-state index contributed by atoms with van der Waals surface area (Å²) in [5, 5.41) is 0. The van der Waals surface area contributed by atoms with Crippen molar-refractivity contribution in [2.75, 3.05) is 0 Å². The van der Waals surface area contributed by atoms with E-state index in [4.69, 9.17) is 5.73 Å². The first kappa shape index (κ1) is 6.08. The van der Waals surface area contributed by atoms with Gasteiger partial charge >= 0.3 is 0 Å². The molecule has 1 aliphatic heterocycles. The van der Waals surface area contributed by atoms with Crippen molar-refractivity contribution in [2.45, 2.75) is 13.8 Å². The van der Waals surface area contributed by atoms with Crippen molar-refractivity contribution >= 4 is 5.84 Å². The van der Waals surface area contributed by atoms with Crippen molar-refractivity contribution in [3.8, 4) is 0 Å². The van der Waals surface area contributed by atoms with Crippen LogP contribution in [0.3, 0.4) is 0 Å². The highest BCUT2D eigenvalue weighted by Gasteiger charge is 2.03. The zero-order valence-corrected chi connectivity index (χ0v) is 5.68. The molecule has 2 heteroatoms. The number of hydrogen-bond acceptors (Lipinski definition) is 2. The molecule has 1 aliphatic rings. The van der Waals surface area contributed by atoms with Crippen LogP contribution in [0, 0.1) is 0 Å². The van der Waals surface area contributed by atoms with Crippen molar-refractivity contribution in [1.29, 1.82) is 0 Å². The van der Waals surface area contributed by atoms with E-state index in [1.807, 2.05) is 19.9 Å². The van der Waals surface area contributed by atoms with Crippen LogP contribution < -0.4 is 5.73 Å². The Morgan fingerprint density at radius 1 is 1.56 bits per heavy atom. The summed E-state index contributed by atoms with van der Waals surface area (Å²) in [7, 11) is 0. The molecule has 0 fully saturated rings. The molecule has 48 valence electrons. The topological polar surface area (TPSA) is 38.4 Å². The average Bonchev–Trinajstić information content (AvgIpc) is 2.13. The minimum atomic E-state index is 0.634. The van der Waals surface area contributed by atoms with Gasteiger partial charge in [-0.3, -0.25) is 0 Å². The molecule has 2 nitrogen and oxygen atoms in total. The Labute approximate surface area is 54.8 Å². The molecule has 0 spiro atoms. The first-order chi connectivity index (χ1) is 4.22. The van der Waals surface area contributed by atoms with Crippen LogP contribution in [0.25, 0.3) is 0 Å². The number of nitrogens with two attached hydrogens (primary N) is 1. The molecular weight excluding hydrogens is 112 g/mol. The molecule has 0 aromatic rings. The van der Waals surface area contributed by atoms with Gasteiger partial charge in [-0.1, -0.05) is 5.57 Å². The maximum absolute atomic E-state index is 5.51. The molecule has 0 amide bonds. The van der Waals surface area contributed by atoms with Gasteiger partial charge in [-0.25, -0.2) is 4.99 Å². The molecule has 0 atom stereocenters. The summed E-state index contributed by atoms with van der Waals surface area (Å²) < 4.78 is 0. The predicted octanol–water partition coefficient (Wildman–Crippen LogP) is 1.21. The van der Waals surface area contributed by atoms with Crippen LogP contribution in [0.1, 0.15) is 13.8 Å². The second-order valence-corrected chi connectivity index (χ2v) is 2.24. The van der Waals surface area contributed by atoms with Crippen LogP contribution in [-0.2, 0) is 0 Å². The van der Waals surface area contributed by atoms with Crippen molar-refractivity contribution in [1.82, 2.24) is 0 Å². The van der Waals surface area contributed by atoms with Crippen LogP contribution in [0.5, 0.6) is 0 Å². The molecule has 0 aliphatic carbocycles. The minimum absolute atomic E-state index is 0.634. The molecule has 0 aromatic heterocycles. The van der Waals surface area contributed by atoms with Crippen molar-refractivity contribution < 1.29 is 0 Å². The molecule has 1 rings (SSSR count). The van der Waals surface area contributed by atoms with Gasteiger partial charge in [0, 0.05) is 11.8 Å². The van der Waals surface area contributed by atoms with Crippen LogP contribution >= 0.6 is 0 Å². The third-order valence-electron chi connectivity index (χ3n) is 1.27. The van der Waals surface area contributed by atoms with E-state index in [-0.39, 0.29) is 0 Å². The number of aliphatic imine (C=N–C) groups is 1. The molecule has 2 N–H and O–H groups in total. The molecule has 0 unspecified atom stereocenters. The Balaban J connectivity index is 3.00. The van der Waals surface area contributed by atoms with E-state index in [1.165, 1.54) is 5.57 Å². The van der Waals surface area contributed by atoms with E-state index in [1.54, 1.807) is 6.20 Å². The second-order valence-electron chi connectivity index (χ2n) is 2.24. The maximum Gasteiger partial charge on any atom is 0.130 e. The second kappa shape index (κ2) is 2.05. The number of allylic oxidation sites excluding steroid dienone is 1. The molecule has 0 saturated carbocycles. The fraction of sp³-hybridized carbons (Fsp3) is 0.286. The van der Waals surface area contributed by atoms with Crippen LogP contribution in [0.4, 0.5) is 0 Å². The number of nitrogens with zero attached hydrogens (tertiary/aromatic N) is 1. The summed E-state index contributed by atoms with van der Waals surface area (Å²) in [5.74, 6) is 0.634. The van der Waals surface area contributed by atoms with Gasteiger partial charge < -0.3 is 5.73 Å². The van der Waals surface area contributed by atoms with Gasteiger partial charge in [0.25, 0.3) is 0 Å². The highest BCUT2D eigenvalue weighted by atomic mass is 14.9. The smallest absolute Gasteiger partial charge is 0.130 e. The summed E-state index contributed by atoms with van der Waals surface area (Å²) in [6, 6.07) is 0. The quantitative estimate of drug-likeness (QED) is 0.515. The van der Waals surface area contributed by atoms with E-state index >= 15 is 0 Å². The van der Waals surface area contributed by atoms with Crippen molar-refractivity contribution in [2.24, 2.45) is 10.7 Å². The Bertz CT molecular complexity index is 205. The normalized spacial score (nSPS) is 16.2. The van der Waals surface area contributed by atoms with Crippen LogP contribution in [-0.4, -0.2) is 5.84 Å². The molecule has 0 radical (unpaired) electrons. The largest absolute Gasteiger partial charge is 0.383 e. The Morgan fingerprint density at radius 2 is 2.22 bits per heavy atom. The Morgan fingerprint density at radius 3 is 2.44 bits per heavy atom. The van der Waals surface area contributed by atoms with Gasteiger partial charge in [0.2, 0.25) is 0 Å². The Kier molecular flexibility index (Phi) is 1.39. The predicted molar refractivity (Wildman–Crippen MR) is 39.1 cm³/mol. The third-order valence-corrected chi connectivity index (χ3v) is 1.27. The lowest BCUT2D eigenvalue weighted by atomic mass is 10.1. The molecule has 0 aromatic carbocycles. The lowest BCUT2D eigenvalue weighted by molar-refractivity contribution is 1.36. The number of hydrogen-bond donors (Lipinski definition) is 1. The van der Waals surface area contributed by atoms with Crippen molar-refractivity contribution in [3.63, 3.8) is 0 Å². The van der Waals surface area contributed by atoms with Gasteiger partial charge in [0.05, 0.1) is 0 Å². The molecule has 1 heterocycles. The summed E-state index contributed by atoms with van der Waals surface area (Å²) in [6.07, 6.45) is 3.64. The van der Waals surface area contributed by atoms with Gasteiger partial charge in [0.1, 0.15) is 5.84 Å². The molecule has 0 bridgehead atoms. The van der Waals surface area contributed by atoms with Gasteiger partial charge in [-0.15, -0.1) is 0 Å². The monoisotopic (exact) mass is 122 g/mol. The zero-order valence-electron chi connectivity index (χ0n) is 5.68. The SMILES string of the molecule is CC(C)=C1C=CN=C1N. The molecule has 0 saturated heterocycles. The average molecular weight is 122 g/mol. The highest BCUT2D eigenvalue weighted by molar-refractivity contribution is 6.02. The number of rotatable bonds is 0. The Hall–Kier alpha value is -1.05. The summed E-state index contributed by atoms with van der Waals surface area (Å²) >= 11 is 0. The van der Waals surface area contributed by atoms with E-state index in [0.717, 1.165) is 5.57 Å². The minimum Gasteiger partial charge on any atom is -0.383 e. The zero-order chi connectivity index (χ0) is 6.85. The summed E-state index contributed by atoms with van der Waals surface area (Å²) in [6.45, 7) is 4.04. The lowest BCUT2D eigenvalue weighted by Gasteiger charge is -1.96.